The number of carbonyl (C=O) groups is 2. The third-order valence-electron chi connectivity index (χ3n) is 5.87. The molecule has 156 valence electrons. The van der Waals surface area contributed by atoms with Crippen LogP contribution in [0, 0.1) is 0 Å². The zero-order chi connectivity index (χ0) is 21.1. The van der Waals surface area contributed by atoms with E-state index in [9.17, 15) is 9.59 Å². The Labute approximate surface area is 176 Å². The van der Waals surface area contributed by atoms with E-state index in [-0.39, 0.29) is 11.7 Å². The number of fused-ring (bicyclic) bond motifs is 1. The molecule has 6 nitrogen and oxygen atoms in total. The first-order valence-corrected chi connectivity index (χ1v) is 10.3. The van der Waals surface area contributed by atoms with Gasteiger partial charge >= 0.3 is 0 Å². The van der Waals surface area contributed by atoms with Crippen molar-refractivity contribution in [3.05, 3.63) is 59.8 Å². The average molecular weight is 405 g/mol. The number of hydrogen-bond donors (Lipinski definition) is 2. The number of aromatic nitrogens is 1. The van der Waals surface area contributed by atoms with Gasteiger partial charge < -0.3 is 15.0 Å². The minimum Gasteiger partial charge on any atom is -0.497 e. The molecule has 2 aromatic carbocycles. The van der Waals surface area contributed by atoms with Gasteiger partial charge in [0.2, 0.25) is 5.91 Å². The zero-order valence-electron chi connectivity index (χ0n) is 17.4. The number of likely N-dealkylation sites (tertiary alicyclic amines) is 1. The number of nitrogens with one attached hydrogen (secondary N) is 2. The van der Waals surface area contributed by atoms with Gasteiger partial charge in [0, 0.05) is 28.4 Å². The maximum absolute atomic E-state index is 12.5. The average Bonchev–Trinajstić information content (AvgIpc) is 3.17. The Kier molecular flexibility index (Phi) is 5.86. The maximum Gasteiger partial charge on any atom is 0.238 e. The lowest BCUT2D eigenvalue weighted by atomic mass is 9.89. The number of rotatable bonds is 6. The Balaban J connectivity index is 1.34. The number of ketones is 1. The molecule has 0 unspecified atom stereocenters. The molecule has 2 heterocycles. The fourth-order valence-electron chi connectivity index (χ4n) is 4.21. The van der Waals surface area contributed by atoms with Gasteiger partial charge in [0.25, 0.3) is 0 Å². The summed E-state index contributed by atoms with van der Waals surface area (Å²) in [6, 6.07) is 13.2. The number of methoxy groups -OCH3 is 1. The second-order valence-electron chi connectivity index (χ2n) is 7.89. The van der Waals surface area contributed by atoms with E-state index in [0.717, 1.165) is 37.2 Å². The van der Waals surface area contributed by atoms with Crippen molar-refractivity contribution in [2.75, 3.05) is 32.1 Å². The van der Waals surface area contributed by atoms with E-state index in [1.807, 2.05) is 12.1 Å². The van der Waals surface area contributed by atoms with E-state index in [0.29, 0.717) is 23.7 Å². The number of H-pyrrole nitrogens is 1. The number of Topliss-reactive ketones (excluding diaryl/α,β-unsaturated/α-hetero) is 1. The van der Waals surface area contributed by atoms with Gasteiger partial charge in [0.05, 0.1) is 13.7 Å². The summed E-state index contributed by atoms with van der Waals surface area (Å²) in [5.41, 5.74) is 3.72. The fourth-order valence-corrected chi connectivity index (χ4v) is 4.21. The summed E-state index contributed by atoms with van der Waals surface area (Å²) < 4.78 is 5.38. The second-order valence-corrected chi connectivity index (χ2v) is 7.89. The lowest BCUT2D eigenvalue weighted by Gasteiger charge is -2.31. The Morgan fingerprint density at radius 3 is 2.70 bits per heavy atom. The monoisotopic (exact) mass is 405 g/mol. The first-order valence-electron chi connectivity index (χ1n) is 10.3. The molecule has 1 amide bonds. The molecule has 1 aromatic heterocycles. The molecular formula is C24H27N3O3. The van der Waals surface area contributed by atoms with Crippen LogP contribution < -0.4 is 10.1 Å². The van der Waals surface area contributed by atoms with E-state index in [2.05, 4.69) is 33.5 Å². The third-order valence-corrected chi connectivity index (χ3v) is 5.87. The number of nitrogens with zero attached hydrogens (tertiary/aromatic N) is 1. The molecule has 1 aliphatic rings. The van der Waals surface area contributed by atoms with E-state index < -0.39 is 0 Å². The molecule has 0 radical (unpaired) electrons. The normalized spacial score (nSPS) is 15.3. The number of carbonyl (C=O) groups excluding carboxylic acids is 2. The third kappa shape index (κ3) is 4.39. The number of piperidine rings is 1. The smallest absolute Gasteiger partial charge is 0.238 e. The van der Waals surface area contributed by atoms with Gasteiger partial charge in [-0.15, -0.1) is 0 Å². The molecule has 0 bridgehead atoms. The van der Waals surface area contributed by atoms with Crippen molar-refractivity contribution >= 4 is 28.3 Å². The van der Waals surface area contributed by atoms with E-state index in [4.69, 9.17) is 4.74 Å². The molecule has 1 aliphatic heterocycles. The number of anilines is 1. The first kappa shape index (κ1) is 20.2. The summed E-state index contributed by atoms with van der Waals surface area (Å²) in [7, 11) is 1.69. The predicted molar refractivity (Wildman–Crippen MR) is 118 cm³/mol. The summed E-state index contributed by atoms with van der Waals surface area (Å²) in [5, 5.41) is 4.13. The van der Waals surface area contributed by atoms with Crippen LogP contribution in [0.5, 0.6) is 5.75 Å². The van der Waals surface area contributed by atoms with Crippen LogP contribution >= 0.6 is 0 Å². The van der Waals surface area contributed by atoms with Crippen molar-refractivity contribution in [1.82, 2.24) is 9.88 Å². The highest BCUT2D eigenvalue weighted by molar-refractivity contribution is 5.97. The van der Waals surface area contributed by atoms with E-state index in [1.165, 1.54) is 17.9 Å². The second kappa shape index (κ2) is 8.71. The van der Waals surface area contributed by atoms with Crippen LogP contribution in [0.3, 0.4) is 0 Å². The fraction of sp³-hybridized carbons (Fsp3) is 0.333. The van der Waals surface area contributed by atoms with Gasteiger partial charge in [0.15, 0.2) is 5.78 Å². The minimum atomic E-state index is -0.0500. The molecule has 1 saturated heterocycles. The number of benzene rings is 2. The van der Waals surface area contributed by atoms with Gasteiger partial charge in [-0.1, -0.05) is 12.1 Å². The van der Waals surface area contributed by atoms with Crippen molar-refractivity contribution < 1.29 is 14.3 Å². The van der Waals surface area contributed by atoms with E-state index in [1.54, 1.807) is 25.3 Å². The van der Waals surface area contributed by atoms with Crippen LogP contribution in [0.4, 0.5) is 5.69 Å². The van der Waals surface area contributed by atoms with Crippen molar-refractivity contribution in [2.24, 2.45) is 0 Å². The van der Waals surface area contributed by atoms with Crippen molar-refractivity contribution in [2.45, 2.75) is 25.7 Å². The zero-order valence-corrected chi connectivity index (χ0v) is 17.4. The van der Waals surface area contributed by atoms with Crippen LogP contribution in [0.25, 0.3) is 10.9 Å². The standard InChI is InChI=1S/C24H27N3O3/c1-16(28)18-4-3-5-19(12-18)26-24(29)15-27-10-8-17(9-11-27)22-14-25-23-7-6-20(30-2)13-21(22)23/h3-7,12-14,17,25H,8-11,15H2,1-2H3,(H,26,29). The topological polar surface area (TPSA) is 74.4 Å². The van der Waals surface area contributed by atoms with Crippen LogP contribution in [-0.2, 0) is 4.79 Å². The number of ether oxygens (including phenoxy) is 1. The molecule has 3 aromatic rings. The molecular weight excluding hydrogens is 378 g/mol. The van der Waals surface area contributed by atoms with Crippen molar-refractivity contribution in [1.29, 1.82) is 0 Å². The van der Waals surface area contributed by atoms with Gasteiger partial charge in [-0.25, -0.2) is 0 Å². The Morgan fingerprint density at radius 1 is 1.17 bits per heavy atom. The van der Waals surface area contributed by atoms with Gasteiger partial charge in [-0.05, 0) is 74.7 Å². The predicted octanol–water partition coefficient (Wildman–Crippen LogP) is 4.20. The summed E-state index contributed by atoms with van der Waals surface area (Å²) in [6.07, 6.45) is 4.13. The highest BCUT2D eigenvalue weighted by Gasteiger charge is 2.24. The minimum absolute atomic E-state index is 0.0110. The Morgan fingerprint density at radius 2 is 1.97 bits per heavy atom. The van der Waals surface area contributed by atoms with Gasteiger partial charge in [-0.2, -0.15) is 0 Å². The number of aromatic amines is 1. The largest absolute Gasteiger partial charge is 0.497 e. The molecule has 1 fully saturated rings. The molecule has 0 aliphatic carbocycles. The van der Waals surface area contributed by atoms with Crippen LogP contribution in [0.2, 0.25) is 0 Å². The molecule has 2 N–H and O–H groups in total. The number of hydrogen-bond acceptors (Lipinski definition) is 4. The lowest BCUT2D eigenvalue weighted by molar-refractivity contribution is -0.117. The summed E-state index contributed by atoms with van der Waals surface area (Å²) >= 11 is 0. The Bertz CT molecular complexity index is 1060. The lowest BCUT2D eigenvalue weighted by Crippen LogP contribution is -2.38. The quantitative estimate of drug-likeness (QED) is 0.603. The highest BCUT2D eigenvalue weighted by Crippen LogP contribution is 2.34. The van der Waals surface area contributed by atoms with Crippen LogP contribution in [0.15, 0.2) is 48.7 Å². The van der Waals surface area contributed by atoms with Crippen LogP contribution in [0.1, 0.15) is 41.6 Å². The van der Waals surface area contributed by atoms with Gasteiger partial charge in [0.1, 0.15) is 5.75 Å². The first-order chi connectivity index (χ1) is 14.5. The molecule has 0 atom stereocenters. The molecule has 6 heteroatoms. The number of amides is 1. The summed E-state index contributed by atoms with van der Waals surface area (Å²) in [5.74, 6) is 1.28. The SMILES string of the molecule is COc1ccc2[nH]cc(C3CCN(CC(=O)Nc4cccc(C(C)=O)c4)CC3)c2c1. The maximum atomic E-state index is 12.5. The Hall–Kier alpha value is -3.12. The molecule has 0 spiro atoms. The summed E-state index contributed by atoms with van der Waals surface area (Å²) in [6.45, 7) is 3.64. The van der Waals surface area contributed by atoms with Crippen LogP contribution in [-0.4, -0.2) is 48.3 Å². The molecule has 0 saturated carbocycles. The molecule has 30 heavy (non-hydrogen) atoms. The van der Waals surface area contributed by atoms with Crippen molar-refractivity contribution in [3.8, 4) is 5.75 Å². The van der Waals surface area contributed by atoms with Crippen molar-refractivity contribution in [3.63, 3.8) is 0 Å². The van der Waals surface area contributed by atoms with E-state index >= 15 is 0 Å². The summed E-state index contributed by atoms with van der Waals surface area (Å²) in [4.78, 5) is 29.5. The highest BCUT2D eigenvalue weighted by atomic mass is 16.5. The molecule has 4 rings (SSSR count). The van der Waals surface area contributed by atoms with Gasteiger partial charge in [-0.3, -0.25) is 14.5 Å².